The van der Waals surface area contributed by atoms with Crippen molar-refractivity contribution >= 4 is 27.4 Å². The Labute approximate surface area is 130 Å². The quantitative estimate of drug-likeness (QED) is 0.903. The van der Waals surface area contributed by atoms with Crippen LogP contribution in [-0.2, 0) is 12.8 Å². The molecule has 2 aromatic rings. The van der Waals surface area contributed by atoms with Crippen LogP contribution in [0.4, 0.5) is 5.82 Å². The van der Waals surface area contributed by atoms with Crippen molar-refractivity contribution in [3.63, 3.8) is 0 Å². The van der Waals surface area contributed by atoms with Gasteiger partial charge in [-0.05, 0) is 56.4 Å². The van der Waals surface area contributed by atoms with Crippen molar-refractivity contribution in [2.75, 3.05) is 5.32 Å². The lowest BCUT2D eigenvalue weighted by molar-refractivity contribution is 0.330. The van der Waals surface area contributed by atoms with Crippen LogP contribution < -0.4 is 5.32 Å². The van der Waals surface area contributed by atoms with Crippen molar-refractivity contribution in [1.29, 1.82) is 0 Å². The molecule has 0 amide bonds. The van der Waals surface area contributed by atoms with Gasteiger partial charge in [0, 0.05) is 10.9 Å². The van der Waals surface area contributed by atoms with Crippen molar-refractivity contribution in [1.82, 2.24) is 9.97 Å². The van der Waals surface area contributed by atoms with E-state index in [1.165, 1.54) is 67.1 Å². The lowest BCUT2D eigenvalue weighted by atomic mass is 9.84. The number of hydrogen-bond donors (Lipinski definition) is 1. The highest BCUT2D eigenvalue weighted by Gasteiger charge is 2.24. The predicted molar refractivity (Wildman–Crippen MR) is 89.1 cm³/mol. The molecule has 0 radical (unpaired) electrons. The Bertz CT molecular complexity index is 641. The Hall–Kier alpha value is -1.16. The summed E-state index contributed by atoms with van der Waals surface area (Å²) in [6.07, 6.45) is 12.1. The first-order valence-electron chi connectivity index (χ1n) is 8.37. The normalized spacial score (nSPS) is 25.2. The second-order valence-electron chi connectivity index (χ2n) is 6.53. The predicted octanol–water partition coefficient (Wildman–Crippen LogP) is 4.56. The average molecular weight is 301 g/mol. The van der Waals surface area contributed by atoms with E-state index in [1.807, 2.05) is 11.3 Å². The highest BCUT2D eigenvalue weighted by atomic mass is 32.1. The first-order chi connectivity index (χ1) is 10.3. The highest BCUT2D eigenvalue weighted by Crippen LogP contribution is 2.39. The maximum absolute atomic E-state index is 4.57. The van der Waals surface area contributed by atoms with E-state index in [-0.39, 0.29) is 0 Å². The van der Waals surface area contributed by atoms with Gasteiger partial charge in [-0.1, -0.05) is 13.3 Å². The van der Waals surface area contributed by atoms with Crippen LogP contribution in [0.3, 0.4) is 0 Å². The van der Waals surface area contributed by atoms with Gasteiger partial charge in [0.25, 0.3) is 0 Å². The topological polar surface area (TPSA) is 37.8 Å². The molecule has 0 aliphatic heterocycles. The summed E-state index contributed by atoms with van der Waals surface area (Å²) in [6.45, 7) is 2.32. The van der Waals surface area contributed by atoms with Crippen molar-refractivity contribution in [2.45, 2.75) is 64.3 Å². The molecular weight excluding hydrogens is 278 g/mol. The molecular formula is C17H23N3S. The molecule has 0 bridgehead atoms. The number of hydrogen-bond acceptors (Lipinski definition) is 4. The fraction of sp³-hybridized carbons (Fsp3) is 0.647. The molecule has 4 rings (SSSR count). The summed E-state index contributed by atoms with van der Waals surface area (Å²) >= 11 is 1.88. The zero-order valence-corrected chi connectivity index (χ0v) is 13.5. The molecule has 2 aliphatic carbocycles. The molecule has 2 heterocycles. The summed E-state index contributed by atoms with van der Waals surface area (Å²) in [4.78, 5) is 11.8. The van der Waals surface area contributed by atoms with E-state index in [0.29, 0.717) is 6.04 Å². The molecule has 4 heteroatoms. The maximum atomic E-state index is 4.57. The van der Waals surface area contributed by atoms with Gasteiger partial charge in [0.2, 0.25) is 0 Å². The van der Waals surface area contributed by atoms with Gasteiger partial charge in [0.05, 0.1) is 5.39 Å². The van der Waals surface area contributed by atoms with Gasteiger partial charge in [0.15, 0.2) is 0 Å². The Morgan fingerprint density at radius 3 is 2.86 bits per heavy atom. The van der Waals surface area contributed by atoms with Crippen molar-refractivity contribution < 1.29 is 0 Å². The minimum Gasteiger partial charge on any atom is -0.367 e. The average Bonchev–Trinajstić information content (AvgIpc) is 3.09. The van der Waals surface area contributed by atoms with Gasteiger partial charge >= 0.3 is 0 Å². The number of aromatic nitrogens is 2. The molecule has 1 N–H and O–H groups in total. The number of fused-ring (bicyclic) bond motifs is 3. The summed E-state index contributed by atoms with van der Waals surface area (Å²) < 4.78 is 0. The minimum absolute atomic E-state index is 0.600. The molecule has 0 aromatic carbocycles. The van der Waals surface area contributed by atoms with E-state index in [4.69, 9.17) is 0 Å². The maximum Gasteiger partial charge on any atom is 0.138 e. The smallest absolute Gasteiger partial charge is 0.138 e. The molecule has 2 aliphatic rings. The zero-order chi connectivity index (χ0) is 14.2. The Kier molecular flexibility index (Phi) is 3.57. The standard InChI is InChI=1S/C17H23N3S/c1-2-11-6-8-12(9-7-11)20-16-15-13-4-3-5-14(13)21-17(15)19-10-18-16/h10-12H,2-9H2,1H3,(H,18,19,20). The SMILES string of the molecule is CCC1CCC(Nc2ncnc3sc4c(c23)CCC4)CC1. The van der Waals surface area contributed by atoms with E-state index < -0.39 is 0 Å². The molecule has 0 saturated heterocycles. The van der Waals surface area contributed by atoms with E-state index >= 15 is 0 Å². The molecule has 2 aromatic heterocycles. The molecule has 0 spiro atoms. The van der Waals surface area contributed by atoms with Gasteiger partial charge in [0.1, 0.15) is 17.0 Å². The third-order valence-electron chi connectivity index (χ3n) is 5.27. The second-order valence-corrected chi connectivity index (χ2v) is 7.61. The van der Waals surface area contributed by atoms with Crippen LogP contribution in [0.15, 0.2) is 6.33 Å². The van der Waals surface area contributed by atoms with Gasteiger partial charge in [-0.2, -0.15) is 0 Å². The van der Waals surface area contributed by atoms with E-state index in [9.17, 15) is 0 Å². The zero-order valence-electron chi connectivity index (χ0n) is 12.7. The number of nitrogens with one attached hydrogen (secondary N) is 1. The number of thiophene rings is 1. The monoisotopic (exact) mass is 301 g/mol. The van der Waals surface area contributed by atoms with Gasteiger partial charge in [-0.25, -0.2) is 9.97 Å². The van der Waals surface area contributed by atoms with Crippen molar-refractivity contribution in [3.8, 4) is 0 Å². The molecule has 0 unspecified atom stereocenters. The molecule has 112 valence electrons. The largest absolute Gasteiger partial charge is 0.367 e. The lowest BCUT2D eigenvalue weighted by Gasteiger charge is -2.29. The summed E-state index contributed by atoms with van der Waals surface area (Å²) in [5.74, 6) is 2.04. The van der Waals surface area contributed by atoms with Crippen molar-refractivity contribution in [2.24, 2.45) is 5.92 Å². The van der Waals surface area contributed by atoms with Crippen LogP contribution in [0.5, 0.6) is 0 Å². The van der Waals surface area contributed by atoms with Crippen LogP contribution in [-0.4, -0.2) is 16.0 Å². The van der Waals surface area contributed by atoms with E-state index in [0.717, 1.165) is 11.7 Å². The molecule has 21 heavy (non-hydrogen) atoms. The third kappa shape index (κ3) is 2.44. The lowest BCUT2D eigenvalue weighted by Crippen LogP contribution is -2.26. The van der Waals surface area contributed by atoms with Crippen LogP contribution >= 0.6 is 11.3 Å². The number of anilines is 1. The Balaban J connectivity index is 1.59. The summed E-state index contributed by atoms with van der Waals surface area (Å²) in [5.41, 5.74) is 1.53. The van der Waals surface area contributed by atoms with Crippen molar-refractivity contribution in [3.05, 3.63) is 16.8 Å². The number of rotatable bonds is 3. The van der Waals surface area contributed by atoms with Crippen LogP contribution in [0.25, 0.3) is 10.2 Å². The van der Waals surface area contributed by atoms with Crippen LogP contribution in [0, 0.1) is 5.92 Å². The van der Waals surface area contributed by atoms with E-state index in [2.05, 4.69) is 22.2 Å². The van der Waals surface area contributed by atoms with Crippen LogP contribution in [0.1, 0.15) is 55.9 Å². The minimum atomic E-state index is 0.600. The highest BCUT2D eigenvalue weighted by molar-refractivity contribution is 7.19. The Morgan fingerprint density at radius 1 is 1.19 bits per heavy atom. The third-order valence-corrected chi connectivity index (χ3v) is 6.47. The van der Waals surface area contributed by atoms with Gasteiger partial charge in [-0.3, -0.25) is 0 Å². The Morgan fingerprint density at radius 2 is 2.05 bits per heavy atom. The molecule has 0 atom stereocenters. The number of aryl methyl sites for hydroxylation is 2. The fourth-order valence-corrected chi connectivity index (χ4v) is 5.18. The summed E-state index contributed by atoms with van der Waals surface area (Å²) in [6, 6.07) is 0.600. The second kappa shape index (κ2) is 5.56. The fourth-order valence-electron chi connectivity index (χ4n) is 3.95. The number of nitrogens with zero attached hydrogens (tertiary/aromatic N) is 2. The first kappa shape index (κ1) is 13.5. The first-order valence-corrected chi connectivity index (χ1v) is 9.18. The summed E-state index contributed by atoms with van der Waals surface area (Å²) in [7, 11) is 0. The summed E-state index contributed by atoms with van der Waals surface area (Å²) in [5, 5.41) is 5.07. The van der Waals surface area contributed by atoms with Gasteiger partial charge in [-0.15, -0.1) is 11.3 Å². The van der Waals surface area contributed by atoms with Gasteiger partial charge < -0.3 is 5.32 Å². The van der Waals surface area contributed by atoms with Crippen LogP contribution in [0.2, 0.25) is 0 Å². The molecule has 1 saturated carbocycles. The van der Waals surface area contributed by atoms with E-state index in [1.54, 1.807) is 11.2 Å². The molecule has 3 nitrogen and oxygen atoms in total. The molecule has 1 fully saturated rings.